The summed E-state index contributed by atoms with van der Waals surface area (Å²) in [5, 5.41) is 4.71. The third-order valence-corrected chi connectivity index (χ3v) is 4.41. The lowest BCUT2D eigenvalue weighted by molar-refractivity contribution is 0.392. The van der Waals surface area contributed by atoms with Gasteiger partial charge in [0.15, 0.2) is 0 Å². The molecule has 1 saturated heterocycles. The molecule has 17 heavy (non-hydrogen) atoms. The highest BCUT2D eigenvalue weighted by Crippen LogP contribution is 2.44. The summed E-state index contributed by atoms with van der Waals surface area (Å²) < 4.78 is 5.37. The van der Waals surface area contributed by atoms with E-state index in [-0.39, 0.29) is 0 Å². The van der Waals surface area contributed by atoms with Crippen molar-refractivity contribution < 1.29 is 4.74 Å². The number of piperidine rings is 1. The standard InChI is InChI=1S/C12H14Cl3NO/c1-17-9-6-8(13)11(14)12(15)10(9)7-2-4-16-5-3-7/h6-7,16H,2-5H2,1H3. The van der Waals surface area contributed by atoms with E-state index in [2.05, 4.69) is 5.32 Å². The van der Waals surface area contributed by atoms with Crippen molar-refractivity contribution in [1.29, 1.82) is 0 Å². The SMILES string of the molecule is COc1cc(Cl)c(Cl)c(Cl)c1C1CCNCC1. The van der Waals surface area contributed by atoms with E-state index >= 15 is 0 Å². The van der Waals surface area contributed by atoms with Crippen molar-refractivity contribution in [3.8, 4) is 5.75 Å². The third kappa shape index (κ3) is 2.65. The maximum atomic E-state index is 6.30. The van der Waals surface area contributed by atoms with Crippen molar-refractivity contribution in [1.82, 2.24) is 5.32 Å². The molecule has 0 radical (unpaired) electrons. The van der Waals surface area contributed by atoms with E-state index in [0.29, 0.717) is 21.0 Å². The van der Waals surface area contributed by atoms with Crippen LogP contribution in [-0.4, -0.2) is 20.2 Å². The van der Waals surface area contributed by atoms with Gasteiger partial charge in [0.2, 0.25) is 0 Å². The fourth-order valence-corrected chi connectivity index (χ4v) is 2.99. The van der Waals surface area contributed by atoms with Gasteiger partial charge in [-0.15, -0.1) is 0 Å². The van der Waals surface area contributed by atoms with Crippen molar-refractivity contribution >= 4 is 34.8 Å². The Labute approximate surface area is 116 Å². The largest absolute Gasteiger partial charge is 0.496 e. The minimum absolute atomic E-state index is 0.383. The molecule has 1 N–H and O–H groups in total. The maximum absolute atomic E-state index is 6.30. The van der Waals surface area contributed by atoms with Gasteiger partial charge in [-0.3, -0.25) is 0 Å². The van der Waals surface area contributed by atoms with Gasteiger partial charge in [-0.2, -0.15) is 0 Å². The predicted octanol–water partition coefficient (Wildman–Crippen LogP) is 4.12. The Morgan fingerprint density at radius 3 is 2.41 bits per heavy atom. The summed E-state index contributed by atoms with van der Waals surface area (Å²) in [7, 11) is 1.63. The van der Waals surface area contributed by atoms with Crippen LogP contribution in [0, 0.1) is 0 Å². The van der Waals surface area contributed by atoms with Gasteiger partial charge in [-0.1, -0.05) is 34.8 Å². The molecule has 1 fully saturated rings. The van der Waals surface area contributed by atoms with Crippen LogP contribution >= 0.6 is 34.8 Å². The molecule has 94 valence electrons. The van der Waals surface area contributed by atoms with E-state index in [1.165, 1.54) is 0 Å². The number of hydrogen-bond donors (Lipinski definition) is 1. The van der Waals surface area contributed by atoms with E-state index in [4.69, 9.17) is 39.5 Å². The summed E-state index contributed by atoms with van der Waals surface area (Å²) in [6.07, 6.45) is 2.07. The normalized spacial score (nSPS) is 17.2. The second kappa shape index (κ2) is 5.66. The van der Waals surface area contributed by atoms with E-state index in [0.717, 1.165) is 37.2 Å². The molecular weight excluding hydrogens is 280 g/mol. The Kier molecular flexibility index (Phi) is 4.42. The lowest BCUT2D eigenvalue weighted by atomic mass is 9.89. The van der Waals surface area contributed by atoms with Crippen LogP contribution in [0.5, 0.6) is 5.75 Å². The zero-order valence-corrected chi connectivity index (χ0v) is 11.8. The summed E-state index contributed by atoms with van der Waals surface area (Å²) in [6, 6.07) is 1.74. The molecule has 0 atom stereocenters. The minimum Gasteiger partial charge on any atom is -0.496 e. The van der Waals surface area contributed by atoms with Crippen molar-refractivity contribution in [3.05, 3.63) is 26.7 Å². The fourth-order valence-electron chi connectivity index (χ4n) is 2.25. The summed E-state index contributed by atoms with van der Waals surface area (Å²) in [6.45, 7) is 1.98. The number of nitrogens with one attached hydrogen (secondary N) is 1. The van der Waals surface area contributed by atoms with E-state index in [9.17, 15) is 0 Å². The third-order valence-electron chi connectivity index (χ3n) is 3.13. The lowest BCUT2D eigenvalue weighted by Gasteiger charge is -2.26. The average molecular weight is 295 g/mol. The number of ether oxygens (including phenoxy) is 1. The maximum Gasteiger partial charge on any atom is 0.125 e. The van der Waals surface area contributed by atoms with Crippen molar-refractivity contribution in [2.45, 2.75) is 18.8 Å². The molecule has 1 aromatic rings. The van der Waals surface area contributed by atoms with Crippen LogP contribution in [-0.2, 0) is 0 Å². The molecule has 0 aromatic heterocycles. The van der Waals surface area contributed by atoms with E-state index in [1.807, 2.05) is 0 Å². The van der Waals surface area contributed by atoms with Gasteiger partial charge in [-0.05, 0) is 31.8 Å². The molecular formula is C12H14Cl3NO. The number of halogens is 3. The molecule has 2 rings (SSSR count). The lowest BCUT2D eigenvalue weighted by Crippen LogP contribution is -2.27. The Morgan fingerprint density at radius 1 is 1.18 bits per heavy atom. The minimum atomic E-state index is 0.383. The fraction of sp³-hybridized carbons (Fsp3) is 0.500. The van der Waals surface area contributed by atoms with E-state index in [1.54, 1.807) is 13.2 Å². The van der Waals surface area contributed by atoms with Crippen LogP contribution < -0.4 is 10.1 Å². The Balaban J connectivity index is 2.46. The first kappa shape index (κ1) is 13.3. The highest BCUT2D eigenvalue weighted by atomic mass is 35.5. The summed E-state index contributed by atoms with van der Waals surface area (Å²) in [5.41, 5.74) is 0.991. The first-order valence-electron chi connectivity index (χ1n) is 5.57. The van der Waals surface area contributed by atoms with Gasteiger partial charge in [0.25, 0.3) is 0 Å². The first-order valence-corrected chi connectivity index (χ1v) is 6.70. The molecule has 1 heterocycles. The van der Waals surface area contributed by atoms with E-state index < -0.39 is 0 Å². The zero-order chi connectivity index (χ0) is 12.4. The molecule has 0 unspecified atom stereocenters. The average Bonchev–Trinajstić information content (AvgIpc) is 2.36. The smallest absolute Gasteiger partial charge is 0.125 e. The van der Waals surface area contributed by atoms with Crippen LogP contribution in [0.15, 0.2) is 6.07 Å². The van der Waals surface area contributed by atoms with Crippen LogP contribution in [0.3, 0.4) is 0 Å². The quantitative estimate of drug-likeness (QED) is 0.828. The molecule has 2 nitrogen and oxygen atoms in total. The predicted molar refractivity (Wildman–Crippen MR) is 72.9 cm³/mol. The van der Waals surface area contributed by atoms with Crippen molar-refractivity contribution in [2.24, 2.45) is 0 Å². The number of benzene rings is 1. The van der Waals surface area contributed by atoms with Gasteiger partial charge < -0.3 is 10.1 Å². The van der Waals surface area contributed by atoms with Crippen LogP contribution in [0.25, 0.3) is 0 Å². The zero-order valence-electron chi connectivity index (χ0n) is 9.53. The van der Waals surface area contributed by atoms with Crippen LogP contribution in [0.1, 0.15) is 24.3 Å². The summed E-state index contributed by atoms with van der Waals surface area (Å²) >= 11 is 18.4. The molecule has 0 spiro atoms. The molecule has 0 amide bonds. The molecule has 0 saturated carbocycles. The number of hydrogen-bond acceptors (Lipinski definition) is 2. The number of rotatable bonds is 2. The second-order valence-electron chi connectivity index (χ2n) is 4.13. The molecule has 1 aromatic carbocycles. The number of methoxy groups -OCH3 is 1. The molecule has 5 heteroatoms. The topological polar surface area (TPSA) is 21.3 Å². The first-order chi connectivity index (χ1) is 8.15. The van der Waals surface area contributed by atoms with Crippen molar-refractivity contribution in [3.63, 3.8) is 0 Å². The van der Waals surface area contributed by atoms with Gasteiger partial charge in [0, 0.05) is 11.6 Å². The van der Waals surface area contributed by atoms with Gasteiger partial charge in [-0.25, -0.2) is 0 Å². The molecule has 0 bridgehead atoms. The monoisotopic (exact) mass is 293 g/mol. The van der Waals surface area contributed by atoms with Crippen LogP contribution in [0.4, 0.5) is 0 Å². The molecule has 1 aliphatic rings. The van der Waals surface area contributed by atoms with Crippen molar-refractivity contribution in [2.75, 3.05) is 20.2 Å². The second-order valence-corrected chi connectivity index (χ2v) is 5.29. The molecule has 1 aliphatic heterocycles. The Bertz CT molecular complexity index is 417. The Morgan fingerprint density at radius 2 is 1.82 bits per heavy atom. The van der Waals surface area contributed by atoms with Gasteiger partial charge in [0.1, 0.15) is 5.75 Å². The Hall–Kier alpha value is -0.150. The highest BCUT2D eigenvalue weighted by molar-refractivity contribution is 6.48. The summed E-state index contributed by atoms with van der Waals surface area (Å²) in [4.78, 5) is 0. The summed E-state index contributed by atoms with van der Waals surface area (Å²) in [5.74, 6) is 1.12. The van der Waals surface area contributed by atoms with Gasteiger partial charge in [0.05, 0.1) is 22.2 Å². The van der Waals surface area contributed by atoms with Crippen LogP contribution in [0.2, 0.25) is 15.1 Å². The molecule has 0 aliphatic carbocycles. The van der Waals surface area contributed by atoms with Gasteiger partial charge >= 0.3 is 0 Å². The highest BCUT2D eigenvalue weighted by Gasteiger charge is 2.24.